The minimum atomic E-state index is -0.532. The van der Waals surface area contributed by atoms with Gasteiger partial charge in [0, 0.05) is 38.8 Å². The van der Waals surface area contributed by atoms with E-state index in [4.69, 9.17) is 0 Å². The minimum Gasteiger partial charge on any atom is -0.505 e. The molecule has 4 heteroatoms. The summed E-state index contributed by atoms with van der Waals surface area (Å²) in [6, 6.07) is 5.30. The van der Waals surface area contributed by atoms with Gasteiger partial charge in [-0.2, -0.15) is 0 Å². The molecule has 106 valence electrons. The van der Waals surface area contributed by atoms with E-state index in [-0.39, 0.29) is 5.75 Å². The van der Waals surface area contributed by atoms with Gasteiger partial charge in [-0.25, -0.2) is 4.39 Å². The standard InChI is InChI=1S/C15H23FN2O/c1-3-12(2)18-8-6-17(7-9-18)11-13-4-5-15(19)14(16)10-13/h4-5,10,12,19H,3,6-9,11H2,1-2H3. The number of phenols is 1. The van der Waals surface area contributed by atoms with Gasteiger partial charge in [-0.1, -0.05) is 13.0 Å². The number of piperazine rings is 1. The van der Waals surface area contributed by atoms with Crippen molar-refractivity contribution in [2.24, 2.45) is 0 Å². The fourth-order valence-corrected chi connectivity index (χ4v) is 2.53. The second kappa shape index (κ2) is 6.35. The summed E-state index contributed by atoms with van der Waals surface area (Å²) in [6.07, 6.45) is 1.18. The third-order valence-corrected chi connectivity index (χ3v) is 4.04. The highest BCUT2D eigenvalue weighted by molar-refractivity contribution is 5.27. The van der Waals surface area contributed by atoms with E-state index in [1.165, 1.54) is 18.6 Å². The molecule has 1 heterocycles. The van der Waals surface area contributed by atoms with Gasteiger partial charge in [-0.05, 0) is 31.0 Å². The van der Waals surface area contributed by atoms with Crippen molar-refractivity contribution in [3.63, 3.8) is 0 Å². The Balaban J connectivity index is 1.87. The Labute approximate surface area is 114 Å². The van der Waals surface area contributed by atoms with Gasteiger partial charge in [0.05, 0.1) is 0 Å². The summed E-state index contributed by atoms with van der Waals surface area (Å²) in [5.41, 5.74) is 0.923. The fourth-order valence-electron chi connectivity index (χ4n) is 2.53. The van der Waals surface area contributed by atoms with Gasteiger partial charge in [-0.3, -0.25) is 9.80 Å². The quantitative estimate of drug-likeness (QED) is 0.907. The van der Waals surface area contributed by atoms with Crippen LogP contribution in [0.25, 0.3) is 0 Å². The van der Waals surface area contributed by atoms with E-state index in [2.05, 4.69) is 23.6 Å². The number of aromatic hydroxyl groups is 1. The first kappa shape index (κ1) is 14.3. The summed E-state index contributed by atoms with van der Waals surface area (Å²) in [6.45, 7) is 9.44. The number of hydrogen-bond donors (Lipinski definition) is 1. The van der Waals surface area contributed by atoms with Crippen LogP contribution in [0.1, 0.15) is 25.8 Å². The molecular weight excluding hydrogens is 243 g/mol. The van der Waals surface area contributed by atoms with Crippen LogP contribution in [0.15, 0.2) is 18.2 Å². The number of halogens is 1. The molecule has 1 aromatic carbocycles. The Hall–Kier alpha value is -1.13. The average molecular weight is 266 g/mol. The molecule has 1 unspecified atom stereocenters. The monoisotopic (exact) mass is 266 g/mol. The van der Waals surface area contributed by atoms with Crippen LogP contribution in [-0.2, 0) is 6.54 Å². The van der Waals surface area contributed by atoms with Gasteiger partial charge >= 0.3 is 0 Å². The zero-order valence-electron chi connectivity index (χ0n) is 11.8. The van der Waals surface area contributed by atoms with E-state index in [0.717, 1.165) is 38.3 Å². The molecule has 0 spiro atoms. The lowest BCUT2D eigenvalue weighted by atomic mass is 10.1. The second-order valence-corrected chi connectivity index (χ2v) is 5.36. The lowest BCUT2D eigenvalue weighted by molar-refractivity contribution is 0.0963. The number of nitrogens with zero attached hydrogens (tertiary/aromatic N) is 2. The third-order valence-electron chi connectivity index (χ3n) is 4.04. The van der Waals surface area contributed by atoms with E-state index < -0.39 is 5.82 Å². The fraction of sp³-hybridized carbons (Fsp3) is 0.600. The van der Waals surface area contributed by atoms with Crippen molar-refractivity contribution in [2.45, 2.75) is 32.9 Å². The first-order valence-electron chi connectivity index (χ1n) is 7.04. The molecule has 0 aromatic heterocycles. The van der Waals surface area contributed by atoms with Gasteiger partial charge in [0.15, 0.2) is 11.6 Å². The zero-order chi connectivity index (χ0) is 13.8. The number of phenolic OH excluding ortho intramolecular Hbond substituents is 1. The topological polar surface area (TPSA) is 26.7 Å². The minimum absolute atomic E-state index is 0.273. The number of rotatable bonds is 4. The van der Waals surface area contributed by atoms with Crippen LogP contribution in [0.3, 0.4) is 0 Å². The van der Waals surface area contributed by atoms with Crippen molar-refractivity contribution < 1.29 is 9.50 Å². The summed E-state index contributed by atoms with van der Waals surface area (Å²) in [5, 5.41) is 9.18. The molecule has 1 aliphatic rings. The Morgan fingerprint density at radius 3 is 2.53 bits per heavy atom. The van der Waals surface area contributed by atoms with Gasteiger partial charge in [-0.15, -0.1) is 0 Å². The van der Waals surface area contributed by atoms with Crippen molar-refractivity contribution in [3.8, 4) is 5.75 Å². The summed E-state index contributed by atoms with van der Waals surface area (Å²) in [5.74, 6) is -0.805. The molecule has 0 radical (unpaired) electrons. The lowest BCUT2D eigenvalue weighted by Crippen LogP contribution is -2.48. The summed E-state index contributed by atoms with van der Waals surface area (Å²) >= 11 is 0. The second-order valence-electron chi connectivity index (χ2n) is 5.36. The van der Waals surface area contributed by atoms with Gasteiger partial charge in [0.1, 0.15) is 0 Å². The molecule has 0 saturated carbocycles. The Kier molecular flexibility index (Phi) is 4.77. The van der Waals surface area contributed by atoms with E-state index >= 15 is 0 Å². The van der Waals surface area contributed by atoms with Gasteiger partial charge in [0.2, 0.25) is 0 Å². The van der Waals surface area contributed by atoms with Crippen molar-refractivity contribution in [1.82, 2.24) is 9.80 Å². The van der Waals surface area contributed by atoms with Crippen molar-refractivity contribution >= 4 is 0 Å². The van der Waals surface area contributed by atoms with Gasteiger partial charge < -0.3 is 5.11 Å². The van der Waals surface area contributed by atoms with E-state index in [1.54, 1.807) is 6.07 Å². The average Bonchev–Trinajstić information content (AvgIpc) is 2.43. The Bertz CT molecular complexity index is 417. The molecule has 0 amide bonds. The number of benzene rings is 1. The molecule has 1 saturated heterocycles. The molecule has 1 N–H and O–H groups in total. The number of hydrogen-bond acceptors (Lipinski definition) is 3. The van der Waals surface area contributed by atoms with Crippen LogP contribution >= 0.6 is 0 Å². The predicted molar refractivity (Wildman–Crippen MR) is 74.7 cm³/mol. The smallest absolute Gasteiger partial charge is 0.165 e. The third kappa shape index (κ3) is 3.67. The van der Waals surface area contributed by atoms with Crippen LogP contribution < -0.4 is 0 Å². The molecule has 3 nitrogen and oxygen atoms in total. The van der Waals surface area contributed by atoms with Crippen LogP contribution in [0.5, 0.6) is 5.75 Å². The molecule has 19 heavy (non-hydrogen) atoms. The first-order valence-corrected chi connectivity index (χ1v) is 7.04. The molecule has 2 rings (SSSR count). The Morgan fingerprint density at radius 1 is 1.26 bits per heavy atom. The molecule has 1 atom stereocenters. The lowest BCUT2D eigenvalue weighted by Gasteiger charge is -2.37. The van der Waals surface area contributed by atoms with Crippen LogP contribution in [-0.4, -0.2) is 47.1 Å². The SMILES string of the molecule is CCC(C)N1CCN(Cc2ccc(O)c(F)c2)CC1. The highest BCUT2D eigenvalue weighted by atomic mass is 19.1. The predicted octanol–water partition coefficient (Wildman–Crippen LogP) is 2.45. The zero-order valence-corrected chi connectivity index (χ0v) is 11.8. The van der Waals surface area contributed by atoms with Crippen molar-refractivity contribution in [1.29, 1.82) is 0 Å². The highest BCUT2D eigenvalue weighted by Crippen LogP contribution is 2.18. The van der Waals surface area contributed by atoms with E-state index in [0.29, 0.717) is 6.04 Å². The van der Waals surface area contributed by atoms with E-state index in [1.807, 2.05) is 0 Å². The molecule has 1 aliphatic heterocycles. The maximum Gasteiger partial charge on any atom is 0.165 e. The molecular formula is C15H23FN2O. The van der Waals surface area contributed by atoms with Crippen LogP contribution in [0.2, 0.25) is 0 Å². The molecule has 0 bridgehead atoms. The van der Waals surface area contributed by atoms with Crippen LogP contribution in [0.4, 0.5) is 4.39 Å². The highest BCUT2D eigenvalue weighted by Gasteiger charge is 2.20. The summed E-state index contributed by atoms with van der Waals surface area (Å²) < 4.78 is 13.3. The molecule has 0 aliphatic carbocycles. The summed E-state index contributed by atoms with van der Waals surface area (Å²) in [7, 11) is 0. The maximum atomic E-state index is 13.3. The molecule has 1 aromatic rings. The largest absolute Gasteiger partial charge is 0.505 e. The van der Waals surface area contributed by atoms with E-state index in [9.17, 15) is 9.50 Å². The first-order chi connectivity index (χ1) is 9.10. The summed E-state index contributed by atoms with van der Waals surface area (Å²) in [4.78, 5) is 4.85. The van der Waals surface area contributed by atoms with Crippen molar-refractivity contribution in [2.75, 3.05) is 26.2 Å². The normalized spacial score (nSPS) is 19.5. The molecule has 1 fully saturated rings. The Morgan fingerprint density at radius 2 is 1.95 bits per heavy atom. The maximum absolute atomic E-state index is 13.3. The van der Waals surface area contributed by atoms with Crippen LogP contribution in [0, 0.1) is 5.82 Å². The van der Waals surface area contributed by atoms with Gasteiger partial charge in [0.25, 0.3) is 0 Å². The van der Waals surface area contributed by atoms with Crippen molar-refractivity contribution in [3.05, 3.63) is 29.6 Å².